The van der Waals surface area contributed by atoms with E-state index >= 15 is 0 Å². The van der Waals surface area contributed by atoms with Gasteiger partial charge in [0.2, 0.25) is 0 Å². The van der Waals surface area contributed by atoms with Gasteiger partial charge in [-0.15, -0.1) is 0 Å². The van der Waals surface area contributed by atoms with E-state index in [0.29, 0.717) is 33.2 Å². The fourth-order valence-electron chi connectivity index (χ4n) is 2.33. The van der Waals surface area contributed by atoms with Crippen molar-refractivity contribution in [1.82, 2.24) is 15.0 Å². The predicted octanol–water partition coefficient (Wildman–Crippen LogP) is 3.08. The van der Waals surface area contributed by atoms with E-state index in [4.69, 9.17) is 22.6 Å². The van der Waals surface area contributed by atoms with Crippen LogP contribution < -0.4 is 5.73 Å². The molecule has 0 amide bonds. The molecule has 0 aromatic carbocycles. The van der Waals surface area contributed by atoms with Gasteiger partial charge in [-0.3, -0.25) is 9.98 Å². The Morgan fingerprint density at radius 1 is 1.16 bits per heavy atom. The van der Waals surface area contributed by atoms with Crippen LogP contribution in [0.25, 0.3) is 22.3 Å². The Hall–Kier alpha value is -3.30. The summed E-state index contributed by atoms with van der Waals surface area (Å²) in [6.07, 6.45) is 4.92. The van der Waals surface area contributed by atoms with Crippen molar-refractivity contribution in [1.29, 1.82) is 5.26 Å². The largest absolute Gasteiger partial charge is 0.398 e. The van der Waals surface area contributed by atoms with Crippen LogP contribution in [0.1, 0.15) is 16.8 Å². The summed E-state index contributed by atoms with van der Waals surface area (Å²) in [6.45, 7) is 0. The average Bonchev–Trinajstić information content (AvgIpc) is 2.65. The van der Waals surface area contributed by atoms with Gasteiger partial charge in [0.15, 0.2) is 0 Å². The summed E-state index contributed by atoms with van der Waals surface area (Å²) in [5.74, 6) is 0. The first-order chi connectivity index (χ1) is 12.1. The Bertz CT molecular complexity index is 1030. The number of pyridine rings is 3. The van der Waals surface area contributed by atoms with Gasteiger partial charge in [-0.05, 0) is 30.3 Å². The molecule has 3 aromatic rings. The highest BCUT2D eigenvalue weighted by Gasteiger charge is 2.10. The van der Waals surface area contributed by atoms with E-state index < -0.39 is 0 Å². The lowest BCUT2D eigenvalue weighted by atomic mass is 10.0. The van der Waals surface area contributed by atoms with Gasteiger partial charge in [-0.25, -0.2) is 9.97 Å². The first-order valence-electron chi connectivity index (χ1n) is 7.33. The Kier molecular flexibility index (Phi) is 4.68. The van der Waals surface area contributed by atoms with Gasteiger partial charge < -0.3 is 5.73 Å². The number of nitrogens with zero attached hydrogens (tertiary/aromatic N) is 5. The molecule has 0 unspecified atom stereocenters. The lowest BCUT2D eigenvalue weighted by Gasteiger charge is -2.09. The zero-order valence-corrected chi connectivity index (χ0v) is 14.1. The molecule has 0 fully saturated rings. The number of halogens is 1. The van der Waals surface area contributed by atoms with Crippen molar-refractivity contribution in [2.24, 2.45) is 10.7 Å². The quantitative estimate of drug-likeness (QED) is 0.579. The van der Waals surface area contributed by atoms with Crippen molar-refractivity contribution >= 4 is 40.1 Å². The summed E-state index contributed by atoms with van der Waals surface area (Å²) < 4.78 is 0. The van der Waals surface area contributed by atoms with Gasteiger partial charge in [0.25, 0.3) is 0 Å². The summed E-state index contributed by atoms with van der Waals surface area (Å²) in [6, 6.07) is 10.7. The third-order valence-electron chi connectivity index (χ3n) is 3.55. The zero-order chi connectivity index (χ0) is 17.8. The summed E-state index contributed by atoms with van der Waals surface area (Å²) in [7, 11) is 1.66. The minimum absolute atomic E-state index is 0.327. The second-order valence-electron chi connectivity index (χ2n) is 5.15. The van der Waals surface area contributed by atoms with E-state index in [0.717, 1.165) is 11.1 Å². The number of hydrogen-bond donors (Lipinski definition) is 1. The fourth-order valence-corrected chi connectivity index (χ4v) is 2.49. The van der Waals surface area contributed by atoms with Gasteiger partial charge in [0.05, 0.1) is 11.0 Å². The second-order valence-corrected chi connectivity index (χ2v) is 5.54. The summed E-state index contributed by atoms with van der Waals surface area (Å²) in [5, 5.41) is 9.25. The molecule has 0 atom stereocenters. The summed E-state index contributed by atoms with van der Waals surface area (Å²) >= 11 is 5.96. The van der Waals surface area contributed by atoms with E-state index in [2.05, 4.69) is 19.9 Å². The molecule has 25 heavy (non-hydrogen) atoms. The molecule has 3 heterocycles. The van der Waals surface area contributed by atoms with Crippen LogP contribution in [0, 0.1) is 11.3 Å². The molecule has 3 rings (SSSR count). The van der Waals surface area contributed by atoms with Gasteiger partial charge in [-0.2, -0.15) is 5.26 Å². The molecule has 0 bridgehead atoms. The standard InChI is InChI=1S/C18H13ClN6/c1-22-10-14(18(21)11-2-3-13(7-20)23-8-11)12-6-16-15(24-9-12)4-5-17(19)25-16/h2-6,8-10H,21H2,1H3. The Morgan fingerprint density at radius 3 is 2.64 bits per heavy atom. The van der Waals surface area contributed by atoms with Crippen LogP contribution in [0.5, 0.6) is 0 Å². The first kappa shape index (κ1) is 16.6. The van der Waals surface area contributed by atoms with Crippen molar-refractivity contribution in [3.63, 3.8) is 0 Å². The number of hydrogen-bond acceptors (Lipinski definition) is 6. The number of rotatable bonds is 3. The molecular weight excluding hydrogens is 336 g/mol. The molecule has 0 radical (unpaired) electrons. The monoisotopic (exact) mass is 348 g/mol. The minimum atomic E-state index is 0.327. The molecule has 2 N–H and O–H groups in total. The Balaban J connectivity index is 2.15. The molecule has 0 aliphatic carbocycles. The van der Waals surface area contributed by atoms with E-state index in [1.165, 1.54) is 0 Å². The van der Waals surface area contributed by atoms with Crippen LogP contribution in [0.3, 0.4) is 0 Å². The molecule has 6 nitrogen and oxygen atoms in total. The van der Waals surface area contributed by atoms with Gasteiger partial charge in [0.1, 0.15) is 16.9 Å². The number of allylic oxidation sites excluding steroid dienone is 1. The van der Waals surface area contributed by atoms with Crippen molar-refractivity contribution in [2.75, 3.05) is 7.05 Å². The first-order valence-corrected chi connectivity index (χ1v) is 7.71. The topological polar surface area (TPSA) is 101 Å². The maximum atomic E-state index is 8.86. The average molecular weight is 349 g/mol. The van der Waals surface area contributed by atoms with E-state index in [-0.39, 0.29) is 0 Å². The van der Waals surface area contributed by atoms with E-state index in [1.807, 2.05) is 12.1 Å². The maximum Gasteiger partial charge on any atom is 0.140 e. The molecule has 122 valence electrons. The lowest BCUT2D eigenvalue weighted by Crippen LogP contribution is -2.04. The van der Waals surface area contributed by atoms with Crippen LogP contribution in [-0.4, -0.2) is 28.2 Å². The number of aliphatic imine (C=N–C) groups is 1. The smallest absolute Gasteiger partial charge is 0.140 e. The molecule has 0 aliphatic heterocycles. The summed E-state index contributed by atoms with van der Waals surface area (Å²) in [4.78, 5) is 16.8. The van der Waals surface area contributed by atoms with Crippen LogP contribution >= 0.6 is 11.6 Å². The van der Waals surface area contributed by atoms with Gasteiger partial charge in [0, 0.05) is 48.1 Å². The third-order valence-corrected chi connectivity index (χ3v) is 3.76. The molecule has 7 heteroatoms. The van der Waals surface area contributed by atoms with Gasteiger partial charge >= 0.3 is 0 Å². The normalized spacial score (nSPS) is 12.2. The Labute approximate surface area is 149 Å². The number of nitriles is 1. The highest BCUT2D eigenvalue weighted by Crippen LogP contribution is 2.23. The van der Waals surface area contributed by atoms with Crippen LogP contribution in [-0.2, 0) is 0 Å². The molecule has 0 saturated heterocycles. The number of aromatic nitrogens is 3. The number of nitrogens with two attached hydrogens (primary N) is 1. The minimum Gasteiger partial charge on any atom is -0.398 e. The van der Waals surface area contributed by atoms with Gasteiger partial charge in [-0.1, -0.05) is 11.6 Å². The van der Waals surface area contributed by atoms with Crippen molar-refractivity contribution in [3.05, 3.63) is 64.7 Å². The Morgan fingerprint density at radius 2 is 1.96 bits per heavy atom. The number of fused-ring (bicyclic) bond motifs is 1. The van der Waals surface area contributed by atoms with Crippen LogP contribution in [0.2, 0.25) is 5.15 Å². The van der Waals surface area contributed by atoms with Crippen molar-refractivity contribution in [3.8, 4) is 6.07 Å². The zero-order valence-electron chi connectivity index (χ0n) is 13.3. The highest BCUT2D eigenvalue weighted by molar-refractivity contribution is 6.29. The van der Waals surface area contributed by atoms with Crippen LogP contribution in [0.4, 0.5) is 0 Å². The molecule has 0 saturated carbocycles. The van der Waals surface area contributed by atoms with Crippen LogP contribution in [0.15, 0.2) is 47.7 Å². The molecule has 0 aliphatic rings. The summed E-state index contributed by atoms with van der Waals surface area (Å²) in [5.41, 5.74) is 10.7. The highest BCUT2D eigenvalue weighted by atomic mass is 35.5. The lowest BCUT2D eigenvalue weighted by molar-refractivity contribution is 1.24. The molecule has 3 aromatic heterocycles. The van der Waals surface area contributed by atoms with E-state index in [1.54, 1.807) is 49.9 Å². The molecular formula is C18H13ClN6. The van der Waals surface area contributed by atoms with Crippen molar-refractivity contribution in [2.45, 2.75) is 0 Å². The third kappa shape index (κ3) is 3.47. The van der Waals surface area contributed by atoms with Crippen molar-refractivity contribution < 1.29 is 0 Å². The van der Waals surface area contributed by atoms with E-state index in [9.17, 15) is 0 Å². The maximum absolute atomic E-state index is 8.86. The SMILES string of the molecule is CN=CC(=C(N)c1ccc(C#N)nc1)c1cnc2ccc(Cl)nc2c1. The predicted molar refractivity (Wildman–Crippen MR) is 98.9 cm³/mol. The fraction of sp³-hybridized carbons (Fsp3) is 0.0556. The molecule has 0 spiro atoms. The second kappa shape index (κ2) is 7.07.